The first-order valence-corrected chi connectivity index (χ1v) is 8.13. The molecule has 0 spiro atoms. The van der Waals surface area contributed by atoms with E-state index in [1.807, 2.05) is 0 Å². The fraction of sp³-hybridized carbons (Fsp3) is 1.00. The SMILES string of the molecule is CCCNCC1(CN(C)CC2CC2)CCCCC1. The van der Waals surface area contributed by atoms with Crippen LogP contribution < -0.4 is 5.32 Å². The summed E-state index contributed by atoms with van der Waals surface area (Å²) in [4.78, 5) is 2.62. The number of hydrogen-bond acceptors (Lipinski definition) is 2. The van der Waals surface area contributed by atoms with Crippen molar-refractivity contribution in [1.29, 1.82) is 0 Å². The highest BCUT2D eigenvalue weighted by molar-refractivity contribution is 4.88. The van der Waals surface area contributed by atoms with E-state index in [9.17, 15) is 0 Å². The van der Waals surface area contributed by atoms with Crippen LogP contribution in [0.4, 0.5) is 0 Å². The Bertz CT molecular complexity index is 229. The summed E-state index contributed by atoms with van der Waals surface area (Å²) in [5.41, 5.74) is 0.580. The third kappa shape index (κ3) is 4.55. The van der Waals surface area contributed by atoms with Crippen molar-refractivity contribution in [2.45, 2.75) is 58.3 Å². The van der Waals surface area contributed by atoms with Gasteiger partial charge in [-0.3, -0.25) is 0 Å². The fourth-order valence-corrected chi connectivity index (χ4v) is 3.60. The number of hydrogen-bond donors (Lipinski definition) is 1. The fourth-order valence-electron chi connectivity index (χ4n) is 3.60. The van der Waals surface area contributed by atoms with E-state index in [0.29, 0.717) is 5.41 Å². The van der Waals surface area contributed by atoms with Crippen LogP contribution >= 0.6 is 0 Å². The van der Waals surface area contributed by atoms with Crippen molar-refractivity contribution < 1.29 is 0 Å². The molecule has 0 radical (unpaired) electrons. The van der Waals surface area contributed by atoms with E-state index in [0.717, 1.165) is 5.92 Å². The molecule has 1 N–H and O–H groups in total. The molecule has 18 heavy (non-hydrogen) atoms. The predicted octanol–water partition coefficient (Wildman–Crippen LogP) is 3.28. The van der Waals surface area contributed by atoms with Crippen LogP contribution in [0.15, 0.2) is 0 Å². The lowest BCUT2D eigenvalue weighted by atomic mass is 9.73. The van der Waals surface area contributed by atoms with Crippen molar-refractivity contribution in [3.05, 3.63) is 0 Å². The standard InChI is InChI=1S/C16H32N2/c1-3-11-17-13-16(9-5-4-6-10-16)14-18(2)12-15-7-8-15/h15,17H,3-14H2,1-2H3. The molecular weight excluding hydrogens is 220 g/mol. The van der Waals surface area contributed by atoms with Gasteiger partial charge >= 0.3 is 0 Å². The van der Waals surface area contributed by atoms with Gasteiger partial charge in [-0.05, 0) is 57.0 Å². The van der Waals surface area contributed by atoms with Gasteiger partial charge in [-0.25, -0.2) is 0 Å². The van der Waals surface area contributed by atoms with Gasteiger partial charge in [0.25, 0.3) is 0 Å². The number of nitrogens with one attached hydrogen (secondary N) is 1. The van der Waals surface area contributed by atoms with Crippen molar-refractivity contribution in [2.75, 3.05) is 33.2 Å². The molecule has 2 rings (SSSR count). The zero-order valence-electron chi connectivity index (χ0n) is 12.5. The molecule has 0 aromatic heterocycles. The highest BCUT2D eigenvalue weighted by atomic mass is 15.1. The summed E-state index contributed by atoms with van der Waals surface area (Å²) in [5, 5.41) is 3.69. The molecule has 2 saturated carbocycles. The summed E-state index contributed by atoms with van der Waals surface area (Å²) in [7, 11) is 2.34. The lowest BCUT2D eigenvalue weighted by molar-refractivity contribution is 0.115. The van der Waals surface area contributed by atoms with Crippen molar-refractivity contribution in [1.82, 2.24) is 10.2 Å². The second kappa shape index (κ2) is 6.91. The largest absolute Gasteiger partial charge is 0.316 e. The van der Waals surface area contributed by atoms with Gasteiger partial charge in [-0.2, -0.15) is 0 Å². The van der Waals surface area contributed by atoms with Crippen LogP contribution in [0.1, 0.15) is 58.3 Å². The van der Waals surface area contributed by atoms with Gasteiger partial charge in [0.2, 0.25) is 0 Å². The molecule has 2 aliphatic rings. The summed E-state index contributed by atoms with van der Waals surface area (Å²) in [6.07, 6.45) is 11.5. The molecule has 106 valence electrons. The van der Waals surface area contributed by atoms with Crippen LogP contribution in [-0.2, 0) is 0 Å². The van der Waals surface area contributed by atoms with Crippen LogP contribution in [0.25, 0.3) is 0 Å². The van der Waals surface area contributed by atoms with Crippen LogP contribution in [-0.4, -0.2) is 38.1 Å². The quantitative estimate of drug-likeness (QED) is 0.667. The van der Waals surface area contributed by atoms with E-state index in [4.69, 9.17) is 0 Å². The first-order chi connectivity index (χ1) is 8.74. The van der Waals surface area contributed by atoms with E-state index in [1.165, 1.54) is 77.5 Å². The molecule has 2 nitrogen and oxygen atoms in total. The second-order valence-corrected chi connectivity index (χ2v) is 6.88. The van der Waals surface area contributed by atoms with Gasteiger partial charge in [0, 0.05) is 19.6 Å². The molecule has 2 fully saturated rings. The monoisotopic (exact) mass is 252 g/mol. The first-order valence-electron chi connectivity index (χ1n) is 8.13. The highest BCUT2D eigenvalue weighted by Crippen LogP contribution is 2.37. The maximum Gasteiger partial charge on any atom is 0.00472 e. The molecule has 0 amide bonds. The number of nitrogens with zero attached hydrogens (tertiary/aromatic N) is 1. The average molecular weight is 252 g/mol. The molecule has 0 bridgehead atoms. The minimum Gasteiger partial charge on any atom is -0.316 e. The minimum absolute atomic E-state index is 0.580. The zero-order chi connectivity index (χ0) is 12.8. The Kier molecular flexibility index (Phi) is 5.50. The maximum absolute atomic E-state index is 3.69. The van der Waals surface area contributed by atoms with E-state index in [2.05, 4.69) is 24.2 Å². The van der Waals surface area contributed by atoms with Crippen LogP contribution in [0, 0.1) is 11.3 Å². The summed E-state index contributed by atoms with van der Waals surface area (Å²) >= 11 is 0. The summed E-state index contributed by atoms with van der Waals surface area (Å²) < 4.78 is 0. The Balaban J connectivity index is 1.81. The van der Waals surface area contributed by atoms with Gasteiger partial charge in [-0.1, -0.05) is 26.2 Å². The third-order valence-corrected chi connectivity index (χ3v) is 4.71. The predicted molar refractivity (Wildman–Crippen MR) is 78.9 cm³/mol. The Morgan fingerprint density at radius 3 is 2.50 bits per heavy atom. The second-order valence-electron chi connectivity index (χ2n) is 6.88. The Morgan fingerprint density at radius 2 is 1.89 bits per heavy atom. The maximum atomic E-state index is 3.69. The van der Waals surface area contributed by atoms with Crippen LogP contribution in [0.2, 0.25) is 0 Å². The molecule has 0 aromatic carbocycles. The smallest absolute Gasteiger partial charge is 0.00472 e. The van der Waals surface area contributed by atoms with E-state index >= 15 is 0 Å². The van der Waals surface area contributed by atoms with Crippen molar-refractivity contribution in [3.63, 3.8) is 0 Å². The molecule has 0 unspecified atom stereocenters. The van der Waals surface area contributed by atoms with Gasteiger partial charge in [0.15, 0.2) is 0 Å². The molecule has 0 atom stereocenters. The van der Waals surface area contributed by atoms with E-state index < -0.39 is 0 Å². The van der Waals surface area contributed by atoms with Gasteiger partial charge < -0.3 is 10.2 Å². The molecule has 0 aromatic rings. The lowest BCUT2D eigenvalue weighted by Gasteiger charge is -2.40. The topological polar surface area (TPSA) is 15.3 Å². The summed E-state index contributed by atoms with van der Waals surface area (Å²) in [6.45, 7) is 7.36. The summed E-state index contributed by atoms with van der Waals surface area (Å²) in [5.74, 6) is 1.03. The Morgan fingerprint density at radius 1 is 1.17 bits per heavy atom. The lowest BCUT2D eigenvalue weighted by Crippen LogP contribution is -2.45. The molecule has 2 aliphatic carbocycles. The molecule has 0 heterocycles. The first kappa shape index (κ1) is 14.3. The van der Waals surface area contributed by atoms with E-state index in [1.54, 1.807) is 0 Å². The van der Waals surface area contributed by atoms with Crippen molar-refractivity contribution in [2.24, 2.45) is 11.3 Å². The normalized spacial score (nSPS) is 23.5. The molecule has 2 heteroatoms. The minimum atomic E-state index is 0.580. The van der Waals surface area contributed by atoms with Gasteiger partial charge in [0.05, 0.1) is 0 Å². The molecular formula is C16H32N2. The Hall–Kier alpha value is -0.0800. The zero-order valence-corrected chi connectivity index (χ0v) is 12.5. The molecule has 0 saturated heterocycles. The average Bonchev–Trinajstić information content (AvgIpc) is 3.14. The highest BCUT2D eigenvalue weighted by Gasteiger charge is 2.34. The summed E-state index contributed by atoms with van der Waals surface area (Å²) in [6, 6.07) is 0. The Labute approximate surface area is 114 Å². The van der Waals surface area contributed by atoms with Crippen LogP contribution in [0.5, 0.6) is 0 Å². The van der Waals surface area contributed by atoms with Crippen molar-refractivity contribution in [3.8, 4) is 0 Å². The third-order valence-electron chi connectivity index (χ3n) is 4.71. The van der Waals surface area contributed by atoms with Crippen molar-refractivity contribution >= 4 is 0 Å². The van der Waals surface area contributed by atoms with Gasteiger partial charge in [0.1, 0.15) is 0 Å². The van der Waals surface area contributed by atoms with E-state index in [-0.39, 0.29) is 0 Å². The molecule has 0 aliphatic heterocycles. The number of rotatable bonds is 8. The van der Waals surface area contributed by atoms with Crippen LogP contribution in [0.3, 0.4) is 0 Å². The van der Waals surface area contributed by atoms with Gasteiger partial charge in [-0.15, -0.1) is 0 Å².